The summed E-state index contributed by atoms with van der Waals surface area (Å²) in [7, 11) is 0. The molecule has 1 atom stereocenters. The van der Waals surface area contributed by atoms with Gasteiger partial charge in [-0.2, -0.15) is 0 Å². The highest BCUT2D eigenvalue weighted by Gasteiger charge is 2.11. The minimum Gasteiger partial charge on any atom is -0.512 e. The number of hydrogen-bond acceptors (Lipinski definition) is 2. The van der Waals surface area contributed by atoms with E-state index in [4.69, 9.17) is 0 Å². The number of carbonyl (C=O) groups is 1. The summed E-state index contributed by atoms with van der Waals surface area (Å²) in [6.07, 6.45) is 1.28. The molecule has 0 heterocycles. The smallest absolute Gasteiger partial charge is 0.155 e. The molecule has 2 heteroatoms. The SMILES string of the molecule is CC(=O)C=C(O)C(C)C(C)C. The molecule has 0 aromatic carbocycles. The van der Waals surface area contributed by atoms with Crippen LogP contribution in [0.2, 0.25) is 0 Å². The van der Waals surface area contributed by atoms with Crippen molar-refractivity contribution in [2.24, 2.45) is 11.8 Å². The van der Waals surface area contributed by atoms with Gasteiger partial charge in [-0.05, 0) is 12.8 Å². The Morgan fingerprint density at radius 3 is 2.09 bits per heavy atom. The zero-order chi connectivity index (χ0) is 9.02. The molecule has 0 rings (SSSR count). The average Bonchev–Trinajstić information content (AvgIpc) is 1.84. The van der Waals surface area contributed by atoms with Crippen LogP contribution in [0.1, 0.15) is 27.7 Å². The van der Waals surface area contributed by atoms with E-state index >= 15 is 0 Å². The molecular formula is C9H16O2. The van der Waals surface area contributed by atoms with E-state index in [2.05, 4.69) is 0 Å². The molecule has 0 fully saturated rings. The van der Waals surface area contributed by atoms with Crippen LogP contribution in [-0.4, -0.2) is 10.9 Å². The first-order valence-electron chi connectivity index (χ1n) is 3.86. The molecule has 0 amide bonds. The van der Waals surface area contributed by atoms with Crippen molar-refractivity contribution < 1.29 is 9.90 Å². The zero-order valence-corrected chi connectivity index (χ0v) is 7.59. The highest BCUT2D eigenvalue weighted by atomic mass is 16.3. The number of ketones is 1. The van der Waals surface area contributed by atoms with Gasteiger partial charge >= 0.3 is 0 Å². The molecule has 0 aliphatic heterocycles. The Morgan fingerprint density at radius 2 is 1.82 bits per heavy atom. The molecule has 64 valence electrons. The van der Waals surface area contributed by atoms with Gasteiger partial charge in [0.25, 0.3) is 0 Å². The summed E-state index contributed by atoms with van der Waals surface area (Å²) in [5, 5.41) is 9.30. The number of aliphatic hydroxyl groups is 1. The van der Waals surface area contributed by atoms with Gasteiger partial charge in [-0.1, -0.05) is 20.8 Å². The van der Waals surface area contributed by atoms with Crippen LogP contribution < -0.4 is 0 Å². The van der Waals surface area contributed by atoms with Gasteiger partial charge in [-0.25, -0.2) is 0 Å². The predicted octanol–water partition coefficient (Wildman–Crippen LogP) is 2.31. The Labute approximate surface area is 67.9 Å². The first-order valence-corrected chi connectivity index (χ1v) is 3.86. The summed E-state index contributed by atoms with van der Waals surface area (Å²) in [4.78, 5) is 10.5. The van der Waals surface area contributed by atoms with Crippen LogP contribution in [0.15, 0.2) is 11.8 Å². The standard InChI is InChI=1S/C9H16O2/c1-6(2)8(4)9(11)5-7(3)10/h5-6,8,11H,1-4H3. The van der Waals surface area contributed by atoms with Gasteiger partial charge in [0.15, 0.2) is 5.78 Å². The lowest BCUT2D eigenvalue weighted by Gasteiger charge is -2.13. The van der Waals surface area contributed by atoms with Crippen molar-refractivity contribution in [2.75, 3.05) is 0 Å². The van der Waals surface area contributed by atoms with Crippen LogP contribution in [0, 0.1) is 11.8 Å². The second-order valence-electron chi connectivity index (χ2n) is 3.21. The lowest BCUT2D eigenvalue weighted by molar-refractivity contribution is -0.112. The van der Waals surface area contributed by atoms with E-state index in [9.17, 15) is 9.90 Å². The quantitative estimate of drug-likeness (QED) is 0.503. The molecule has 0 aliphatic rings. The maximum absolute atomic E-state index is 10.5. The minimum atomic E-state index is -0.102. The largest absolute Gasteiger partial charge is 0.512 e. The molecule has 0 saturated heterocycles. The number of hydrogen-bond donors (Lipinski definition) is 1. The number of carbonyl (C=O) groups excluding carboxylic acids is 1. The van der Waals surface area contributed by atoms with Gasteiger partial charge in [0.2, 0.25) is 0 Å². The molecule has 0 radical (unpaired) electrons. The summed E-state index contributed by atoms with van der Waals surface area (Å²) < 4.78 is 0. The molecule has 0 saturated carbocycles. The van der Waals surface area contributed by atoms with Gasteiger partial charge < -0.3 is 5.11 Å². The Hall–Kier alpha value is -0.790. The topological polar surface area (TPSA) is 37.3 Å². The highest BCUT2D eigenvalue weighted by molar-refractivity contribution is 5.87. The highest BCUT2D eigenvalue weighted by Crippen LogP contribution is 2.16. The summed E-state index contributed by atoms with van der Waals surface area (Å²) in [6, 6.07) is 0. The van der Waals surface area contributed by atoms with Crippen LogP contribution in [0.5, 0.6) is 0 Å². The zero-order valence-electron chi connectivity index (χ0n) is 7.59. The Morgan fingerprint density at radius 1 is 1.36 bits per heavy atom. The Kier molecular flexibility index (Phi) is 3.86. The molecule has 0 spiro atoms. The molecular weight excluding hydrogens is 140 g/mol. The normalized spacial score (nSPS) is 15.2. The van der Waals surface area contributed by atoms with Crippen molar-refractivity contribution in [1.82, 2.24) is 0 Å². The summed E-state index contributed by atoms with van der Waals surface area (Å²) >= 11 is 0. The van der Waals surface area contributed by atoms with Crippen molar-refractivity contribution in [1.29, 1.82) is 0 Å². The van der Waals surface area contributed by atoms with Crippen molar-refractivity contribution in [3.63, 3.8) is 0 Å². The Balaban J connectivity index is 4.23. The van der Waals surface area contributed by atoms with Crippen molar-refractivity contribution in [2.45, 2.75) is 27.7 Å². The first kappa shape index (κ1) is 10.2. The number of rotatable bonds is 3. The molecule has 11 heavy (non-hydrogen) atoms. The van der Waals surface area contributed by atoms with E-state index in [1.54, 1.807) is 0 Å². The second-order valence-corrected chi connectivity index (χ2v) is 3.21. The molecule has 2 nitrogen and oxygen atoms in total. The summed E-state index contributed by atoms with van der Waals surface area (Å²) in [5.41, 5.74) is 0. The van der Waals surface area contributed by atoms with Gasteiger partial charge in [0.1, 0.15) is 0 Å². The fourth-order valence-electron chi connectivity index (χ4n) is 0.681. The van der Waals surface area contributed by atoms with Gasteiger partial charge in [-0.3, -0.25) is 4.79 Å². The maximum atomic E-state index is 10.5. The van der Waals surface area contributed by atoms with E-state index in [-0.39, 0.29) is 17.5 Å². The van der Waals surface area contributed by atoms with Gasteiger partial charge in [0.05, 0.1) is 5.76 Å². The third-order valence-electron chi connectivity index (χ3n) is 1.82. The molecule has 0 aliphatic carbocycles. The molecule has 0 bridgehead atoms. The monoisotopic (exact) mass is 156 g/mol. The number of aliphatic hydroxyl groups excluding tert-OH is 1. The summed E-state index contributed by atoms with van der Waals surface area (Å²) in [6.45, 7) is 7.35. The van der Waals surface area contributed by atoms with Crippen molar-refractivity contribution >= 4 is 5.78 Å². The first-order chi connectivity index (χ1) is 4.95. The lowest BCUT2D eigenvalue weighted by atomic mass is 9.95. The number of allylic oxidation sites excluding steroid dienone is 2. The van der Waals surface area contributed by atoms with Crippen molar-refractivity contribution in [3.05, 3.63) is 11.8 Å². The van der Waals surface area contributed by atoms with Crippen LogP contribution in [0.25, 0.3) is 0 Å². The van der Waals surface area contributed by atoms with E-state index in [0.717, 1.165) is 0 Å². The van der Waals surface area contributed by atoms with Crippen LogP contribution in [-0.2, 0) is 4.79 Å². The fourth-order valence-corrected chi connectivity index (χ4v) is 0.681. The van der Waals surface area contributed by atoms with E-state index in [1.807, 2.05) is 20.8 Å². The van der Waals surface area contributed by atoms with E-state index < -0.39 is 0 Å². The molecule has 1 N–H and O–H groups in total. The third kappa shape index (κ3) is 3.81. The second kappa shape index (κ2) is 4.16. The molecule has 0 aromatic rings. The molecule has 1 unspecified atom stereocenters. The third-order valence-corrected chi connectivity index (χ3v) is 1.82. The minimum absolute atomic E-state index is 0.0684. The average molecular weight is 156 g/mol. The lowest BCUT2D eigenvalue weighted by Crippen LogP contribution is -2.07. The van der Waals surface area contributed by atoms with Gasteiger partial charge in [-0.15, -0.1) is 0 Å². The van der Waals surface area contributed by atoms with Crippen LogP contribution in [0.4, 0.5) is 0 Å². The molecule has 0 aromatic heterocycles. The van der Waals surface area contributed by atoms with E-state index in [0.29, 0.717) is 5.92 Å². The summed E-state index contributed by atoms with van der Waals surface area (Å²) in [5.74, 6) is 0.520. The van der Waals surface area contributed by atoms with Crippen molar-refractivity contribution in [3.8, 4) is 0 Å². The van der Waals surface area contributed by atoms with E-state index in [1.165, 1.54) is 13.0 Å². The van der Waals surface area contributed by atoms with Crippen LogP contribution >= 0.6 is 0 Å². The Bertz CT molecular complexity index is 168. The maximum Gasteiger partial charge on any atom is 0.155 e. The fraction of sp³-hybridized carbons (Fsp3) is 0.667. The predicted molar refractivity (Wildman–Crippen MR) is 45.4 cm³/mol. The van der Waals surface area contributed by atoms with Gasteiger partial charge in [0, 0.05) is 12.0 Å². The van der Waals surface area contributed by atoms with Crippen LogP contribution in [0.3, 0.4) is 0 Å².